The first kappa shape index (κ1) is 24.3. The summed E-state index contributed by atoms with van der Waals surface area (Å²) in [4.78, 5) is 32.3. The zero-order valence-electron chi connectivity index (χ0n) is 20.2. The number of non-ortho nitro benzene ring substituents is 1. The Kier molecular flexibility index (Phi) is 6.00. The molecule has 3 aromatic carbocycles. The van der Waals surface area contributed by atoms with Gasteiger partial charge in [-0.05, 0) is 48.4 Å². The molecule has 0 N–H and O–H groups in total. The van der Waals surface area contributed by atoms with E-state index in [1.165, 1.54) is 39.9 Å². The van der Waals surface area contributed by atoms with Gasteiger partial charge in [0.15, 0.2) is 5.13 Å². The van der Waals surface area contributed by atoms with Crippen molar-refractivity contribution < 1.29 is 18.1 Å². The molecule has 3 heterocycles. The highest BCUT2D eigenvalue weighted by atomic mass is 32.2. The van der Waals surface area contributed by atoms with Crippen LogP contribution in [0.5, 0.6) is 0 Å². The maximum absolute atomic E-state index is 13.3. The van der Waals surface area contributed by atoms with Crippen LogP contribution in [0.4, 0.5) is 16.5 Å². The molecule has 6 rings (SSSR count). The molecule has 10 nitrogen and oxygen atoms in total. The molecule has 0 bridgehead atoms. The van der Waals surface area contributed by atoms with Crippen LogP contribution in [-0.2, 0) is 16.4 Å². The number of piperazine rings is 1. The van der Waals surface area contributed by atoms with E-state index in [1.807, 2.05) is 24.3 Å². The van der Waals surface area contributed by atoms with Gasteiger partial charge in [-0.3, -0.25) is 19.2 Å². The number of nitro benzene ring substituents is 1. The molecule has 0 aliphatic carbocycles. The molecule has 2 aliphatic rings. The molecule has 1 amide bonds. The Balaban J connectivity index is 1.12. The smallest absolute Gasteiger partial charge is 0.270 e. The third-order valence-electron chi connectivity index (χ3n) is 6.94. The number of carbonyl (C=O) groups is 1. The Labute approximate surface area is 222 Å². The summed E-state index contributed by atoms with van der Waals surface area (Å²) < 4.78 is 28.7. The number of para-hydroxylation sites is 1. The zero-order valence-corrected chi connectivity index (χ0v) is 21.8. The second-order valence-corrected chi connectivity index (χ2v) is 12.0. The molecule has 38 heavy (non-hydrogen) atoms. The van der Waals surface area contributed by atoms with Gasteiger partial charge in [-0.2, -0.15) is 0 Å². The van der Waals surface area contributed by atoms with Crippen molar-refractivity contribution in [1.82, 2.24) is 9.88 Å². The monoisotopic (exact) mass is 549 g/mol. The van der Waals surface area contributed by atoms with Gasteiger partial charge in [0.05, 0.1) is 25.7 Å². The van der Waals surface area contributed by atoms with Gasteiger partial charge < -0.3 is 9.80 Å². The number of hydrogen-bond acceptors (Lipinski definition) is 8. The lowest BCUT2D eigenvalue weighted by Crippen LogP contribution is -2.48. The van der Waals surface area contributed by atoms with Crippen LogP contribution >= 0.6 is 11.3 Å². The molecule has 0 spiro atoms. The first-order valence-corrected chi connectivity index (χ1v) is 14.4. The summed E-state index contributed by atoms with van der Waals surface area (Å²) in [6.45, 7) is 2.53. The van der Waals surface area contributed by atoms with E-state index in [0.717, 1.165) is 15.4 Å². The molecule has 0 unspecified atom stereocenters. The third-order valence-corrected chi connectivity index (χ3v) is 9.85. The van der Waals surface area contributed by atoms with Crippen molar-refractivity contribution in [2.45, 2.75) is 11.3 Å². The summed E-state index contributed by atoms with van der Waals surface area (Å²) in [5.41, 5.74) is 2.89. The van der Waals surface area contributed by atoms with Crippen LogP contribution < -0.4 is 9.21 Å². The second kappa shape index (κ2) is 9.37. The summed E-state index contributed by atoms with van der Waals surface area (Å²) in [5.74, 6) is -0.153. The van der Waals surface area contributed by atoms with Crippen LogP contribution in [0, 0.1) is 10.1 Å². The van der Waals surface area contributed by atoms with Crippen molar-refractivity contribution in [3.8, 4) is 0 Å². The standard InChI is InChI=1S/C26H23N5O5S2/c32-25(19-5-8-21(9-6-19)38(35,36)30-12-11-18-3-1-2-4-23(18)30)28-13-15-29(16-14-28)26-27-22-10-7-20(31(33)34)17-24(22)37-26/h1-10,17H,11-16H2. The van der Waals surface area contributed by atoms with Crippen molar-refractivity contribution in [3.05, 3.63) is 88.0 Å². The van der Waals surface area contributed by atoms with Crippen molar-refractivity contribution in [2.75, 3.05) is 41.9 Å². The van der Waals surface area contributed by atoms with Gasteiger partial charge in [0, 0.05) is 50.4 Å². The van der Waals surface area contributed by atoms with Crippen LogP contribution in [0.25, 0.3) is 10.2 Å². The number of thiazole rings is 1. The maximum Gasteiger partial charge on any atom is 0.270 e. The highest BCUT2D eigenvalue weighted by Crippen LogP contribution is 2.33. The van der Waals surface area contributed by atoms with Gasteiger partial charge in [0.25, 0.3) is 21.6 Å². The quantitative estimate of drug-likeness (QED) is 0.274. The molecule has 1 aromatic heterocycles. The molecular formula is C26H23N5O5S2. The normalized spacial score (nSPS) is 15.6. The Bertz CT molecular complexity index is 1660. The van der Waals surface area contributed by atoms with Crippen molar-refractivity contribution >= 4 is 54.0 Å². The number of carbonyl (C=O) groups excluding carboxylic acids is 1. The number of nitro groups is 1. The number of benzene rings is 3. The fourth-order valence-electron chi connectivity index (χ4n) is 4.89. The van der Waals surface area contributed by atoms with Gasteiger partial charge in [-0.15, -0.1) is 0 Å². The van der Waals surface area contributed by atoms with Crippen LogP contribution in [0.15, 0.2) is 71.6 Å². The maximum atomic E-state index is 13.3. The Morgan fingerprint density at radius 1 is 0.947 bits per heavy atom. The van der Waals surface area contributed by atoms with E-state index in [1.54, 1.807) is 23.1 Å². The number of hydrogen-bond donors (Lipinski definition) is 0. The summed E-state index contributed by atoms with van der Waals surface area (Å²) >= 11 is 1.40. The minimum absolute atomic E-state index is 0.0344. The van der Waals surface area contributed by atoms with Crippen molar-refractivity contribution in [3.63, 3.8) is 0 Å². The number of fused-ring (bicyclic) bond motifs is 2. The molecule has 0 atom stereocenters. The molecule has 12 heteroatoms. The van der Waals surface area contributed by atoms with Crippen molar-refractivity contribution in [1.29, 1.82) is 0 Å². The van der Waals surface area contributed by atoms with Crippen LogP contribution in [0.3, 0.4) is 0 Å². The van der Waals surface area contributed by atoms with E-state index in [-0.39, 0.29) is 16.5 Å². The third kappa shape index (κ3) is 4.25. The number of sulfonamides is 1. The SMILES string of the molecule is O=C(c1ccc(S(=O)(=O)N2CCc3ccccc32)cc1)N1CCN(c2nc3ccc([N+](=O)[O-])cc3s2)CC1. The summed E-state index contributed by atoms with van der Waals surface area (Å²) in [7, 11) is -3.72. The number of aromatic nitrogens is 1. The number of nitrogens with zero attached hydrogens (tertiary/aromatic N) is 5. The second-order valence-electron chi connectivity index (χ2n) is 9.17. The van der Waals surface area contributed by atoms with E-state index in [4.69, 9.17) is 0 Å². The van der Waals surface area contributed by atoms with Crippen LogP contribution in [0.2, 0.25) is 0 Å². The van der Waals surface area contributed by atoms with Crippen LogP contribution in [-0.4, -0.2) is 61.9 Å². The number of rotatable bonds is 5. The molecule has 4 aromatic rings. The predicted octanol–water partition coefficient (Wildman–Crippen LogP) is 3.92. The van der Waals surface area contributed by atoms with Gasteiger partial charge in [-0.25, -0.2) is 13.4 Å². The highest BCUT2D eigenvalue weighted by Gasteiger charge is 2.31. The van der Waals surface area contributed by atoms with Crippen LogP contribution in [0.1, 0.15) is 15.9 Å². The average Bonchev–Trinajstić information content (AvgIpc) is 3.57. The lowest BCUT2D eigenvalue weighted by Gasteiger charge is -2.34. The minimum Gasteiger partial charge on any atom is -0.345 e. The number of amides is 1. The molecule has 194 valence electrons. The lowest BCUT2D eigenvalue weighted by atomic mass is 10.2. The first-order chi connectivity index (χ1) is 18.3. The predicted molar refractivity (Wildman–Crippen MR) is 146 cm³/mol. The molecule has 1 fully saturated rings. The topological polar surface area (TPSA) is 117 Å². The van der Waals surface area contributed by atoms with Crippen molar-refractivity contribution in [2.24, 2.45) is 0 Å². The molecule has 2 aliphatic heterocycles. The van der Waals surface area contributed by atoms with E-state index >= 15 is 0 Å². The summed E-state index contributed by atoms with van der Waals surface area (Å²) in [6, 6.07) is 18.3. The molecular weight excluding hydrogens is 526 g/mol. The summed E-state index contributed by atoms with van der Waals surface area (Å²) in [5, 5.41) is 11.8. The first-order valence-electron chi connectivity index (χ1n) is 12.1. The Hall–Kier alpha value is -4.03. The summed E-state index contributed by atoms with van der Waals surface area (Å²) in [6.07, 6.45) is 0.675. The fraction of sp³-hybridized carbons (Fsp3) is 0.231. The average molecular weight is 550 g/mol. The largest absolute Gasteiger partial charge is 0.345 e. The zero-order chi connectivity index (χ0) is 26.4. The molecule has 0 radical (unpaired) electrons. The lowest BCUT2D eigenvalue weighted by molar-refractivity contribution is -0.384. The van der Waals surface area contributed by atoms with E-state index in [0.29, 0.717) is 55.9 Å². The van der Waals surface area contributed by atoms with E-state index in [9.17, 15) is 23.3 Å². The van der Waals surface area contributed by atoms with E-state index < -0.39 is 14.9 Å². The molecule has 1 saturated heterocycles. The van der Waals surface area contributed by atoms with Gasteiger partial charge >= 0.3 is 0 Å². The highest BCUT2D eigenvalue weighted by molar-refractivity contribution is 7.92. The van der Waals surface area contributed by atoms with Gasteiger partial charge in [-0.1, -0.05) is 29.5 Å². The van der Waals surface area contributed by atoms with Gasteiger partial charge in [0.2, 0.25) is 0 Å². The molecule has 0 saturated carbocycles. The van der Waals surface area contributed by atoms with Gasteiger partial charge in [0.1, 0.15) is 0 Å². The Morgan fingerprint density at radius 3 is 2.42 bits per heavy atom. The van der Waals surface area contributed by atoms with E-state index in [2.05, 4.69) is 9.88 Å². The minimum atomic E-state index is -3.72. The fourth-order valence-corrected chi connectivity index (χ4v) is 7.44. The number of anilines is 2. The Morgan fingerprint density at radius 2 is 1.68 bits per heavy atom.